The van der Waals surface area contributed by atoms with Gasteiger partial charge < -0.3 is 14.5 Å². The van der Waals surface area contributed by atoms with Crippen LogP contribution in [0.1, 0.15) is 50.3 Å². The van der Waals surface area contributed by atoms with Crippen LogP contribution in [-0.4, -0.2) is 33.2 Å². The first-order valence-corrected chi connectivity index (χ1v) is 10.3. The van der Waals surface area contributed by atoms with Gasteiger partial charge in [0.25, 0.3) is 5.91 Å². The lowest BCUT2D eigenvalue weighted by Gasteiger charge is -2.13. The van der Waals surface area contributed by atoms with Gasteiger partial charge in [0.2, 0.25) is 0 Å². The summed E-state index contributed by atoms with van der Waals surface area (Å²) >= 11 is 0. The Kier molecular flexibility index (Phi) is 5.52. The number of aromatic nitrogens is 3. The van der Waals surface area contributed by atoms with Crippen molar-refractivity contribution in [1.82, 2.24) is 14.8 Å². The predicted molar refractivity (Wildman–Crippen MR) is 120 cm³/mol. The van der Waals surface area contributed by atoms with E-state index in [2.05, 4.69) is 22.5 Å². The zero-order valence-electron chi connectivity index (χ0n) is 18.6. The molecule has 0 bridgehead atoms. The molecule has 0 fully saturated rings. The fourth-order valence-electron chi connectivity index (χ4n) is 3.66. The van der Waals surface area contributed by atoms with E-state index in [1.807, 2.05) is 26.8 Å². The number of fused-ring (bicyclic) bond motifs is 1. The predicted octanol–water partition coefficient (Wildman–Crippen LogP) is 4.68. The van der Waals surface area contributed by atoms with Crippen LogP contribution in [0.3, 0.4) is 0 Å². The first-order valence-electron chi connectivity index (χ1n) is 10.3. The van der Waals surface area contributed by atoms with Crippen LogP contribution in [0, 0.1) is 27.7 Å². The van der Waals surface area contributed by atoms with Gasteiger partial charge in [-0.25, -0.2) is 9.78 Å². The Morgan fingerprint density at radius 3 is 2.56 bits per heavy atom. The number of amides is 1. The van der Waals surface area contributed by atoms with Crippen LogP contribution in [0.5, 0.6) is 0 Å². The van der Waals surface area contributed by atoms with Gasteiger partial charge in [-0.3, -0.25) is 4.79 Å². The third-order valence-electron chi connectivity index (χ3n) is 5.12. The Hall–Kier alpha value is -3.94. The number of carbonyl (C=O) groups excluding carboxylic acids is 2. The number of ether oxygens (including phenoxy) is 1. The monoisotopic (exact) mass is 432 g/mol. The SMILES string of the molecule is CCOC(=O)c1cnn(-c2cc(C)c3cc(C)cc(C)c3n2)c1NC(=O)c1ccc(C)o1. The molecule has 8 nitrogen and oxygen atoms in total. The van der Waals surface area contributed by atoms with Crippen molar-refractivity contribution in [2.75, 3.05) is 11.9 Å². The number of anilines is 1. The fraction of sp³-hybridized carbons (Fsp3) is 0.250. The van der Waals surface area contributed by atoms with Crippen molar-refractivity contribution in [3.8, 4) is 5.82 Å². The molecular weight excluding hydrogens is 408 g/mol. The van der Waals surface area contributed by atoms with E-state index in [4.69, 9.17) is 14.1 Å². The highest BCUT2D eigenvalue weighted by Gasteiger charge is 2.24. The average molecular weight is 432 g/mol. The van der Waals surface area contributed by atoms with Crippen LogP contribution in [0.4, 0.5) is 5.82 Å². The molecule has 0 radical (unpaired) electrons. The molecule has 1 aromatic carbocycles. The summed E-state index contributed by atoms with van der Waals surface area (Å²) in [6.07, 6.45) is 1.37. The minimum atomic E-state index is -0.589. The Morgan fingerprint density at radius 1 is 1.09 bits per heavy atom. The van der Waals surface area contributed by atoms with Gasteiger partial charge in [0.1, 0.15) is 11.3 Å². The Morgan fingerprint density at radius 2 is 1.88 bits per heavy atom. The Bertz CT molecular complexity index is 1350. The zero-order chi connectivity index (χ0) is 23.0. The van der Waals surface area contributed by atoms with E-state index in [0.29, 0.717) is 11.6 Å². The fourth-order valence-corrected chi connectivity index (χ4v) is 3.66. The number of rotatable bonds is 5. The topological polar surface area (TPSA) is 99.2 Å². The maximum atomic E-state index is 12.8. The number of nitrogens with zero attached hydrogens (tertiary/aromatic N) is 3. The second kappa shape index (κ2) is 8.30. The van der Waals surface area contributed by atoms with Crippen LogP contribution in [0.2, 0.25) is 0 Å². The molecule has 3 heterocycles. The van der Waals surface area contributed by atoms with Crippen molar-refractivity contribution in [3.63, 3.8) is 0 Å². The summed E-state index contributed by atoms with van der Waals surface area (Å²) in [5.41, 5.74) is 4.14. The quantitative estimate of drug-likeness (QED) is 0.460. The van der Waals surface area contributed by atoms with Crippen LogP contribution in [0.15, 0.2) is 40.9 Å². The van der Waals surface area contributed by atoms with Crippen molar-refractivity contribution < 1.29 is 18.7 Å². The van der Waals surface area contributed by atoms with Gasteiger partial charge in [-0.1, -0.05) is 11.6 Å². The number of carbonyl (C=O) groups is 2. The van der Waals surface area contributed by atoms with Crippen molar-refractivity contribution in [1.29, 1.82) is 0 Å². The molecule has 0 aliphatic rings. The van der Waals surface area contributed by atoms with Crippen LogP contribution in [0.25, 0.3) is 16.7 Å². The summed E-state index contributed by atoms with van der Waals surface area (Å²) < 4.78 is 12.0. The highest BCUT2D eigenvalue weighted by molar-refractivity contribution is 6.06. The highest BCUT2D eigenvalue weighted by atomic mass is 16.5. The van der Waals surface area contributed by atoms with E-state index in [1.54, 1.807) is 26.0 Å². The van der Waals surface area contributed by atoms with Gasteiger partial charge in [-0.15, -0.1) is 0 Å². The molecule has 0 unspecified atom stereocenters. The molecule has 3 aromatic heterocycles. The van der Waals surface area contributed by atoms with Crippen molar-refractivity contribution in [2.45, 2.75) is 34.6 Å². The molecule has 0 atom stereocenters. The number of furan rings is 1. The normalized spacial score (nSPS) is 11.0. The molecule has 32 heavy (non-hydrogen) atoms. The summed E-state index contributed by atoms with van der Waals surface area (Å²) in [5.74, 6) is 0.275. The van der Waals surface area contributed by atoms with Crippen LogP contribution < -0.4 is 5.32 Å². The van der Waals surface area contributed by atoms with Gasteiger partial charge in [0.15, 0.2) is 17.4 Å². The first kappa shape index (κ1) is 21.3. The van der Waals surface area contributed by atoms with Crippen molar-refractivity contribution in [3.05, 3.63) is 70.3 Å². The van der Waals surface area contributed by atoms with E-state index in [9.17, 15) is 9.59 Å². The van der Waals surface area contributed by atoms with Crippen LogP contribution in [-0.2, 0) is 4.74 Å². The molecular formula is C24H24N4O4. The highest BCUT2D eigenvalue weighted by Crippen LogP contribution is 2.27. The minimum absolute atomic E-state index is 0.124. The lowest BCUT2D eigenvalue weighted by Crippen LogP contribution is -2.18. The molecule has 0 saturated carbocycles. The summed E-state index contributed by atoms with van der Waals surface area (Å²) in [4.78, 5) is 30.1. The molecule has 1 N–H and O–H groups in total. The standard InChI is InChI=1S/C24H24N4O4/c1-6-31-24(30)18-12-25-28(22(18)27-23(29)19-8-7-16(5)32-19)20-11-14(3)17-10-13(2)9-15(4)21(17)26-20/h7-12H,6H2,1-5H3,(H,27,29). The third-order valence-corrected chi connectivity index (χ3v) is 5.12. The lowest BCUT2D eigenvalue weighted by molar-refractivity contribution is 0.0527. The molecule has 0 saturated heterocycles. The minimum Gasteiger partial charge on any atom is -0.462 e. The molecule has 4 rings (SSSR count). The van der Waals surface area contributed by atoms with E-state index >= 15 is 0 Å². The van der Waals surface area contributed by atoms with E-state index in [0.717, 1.165) is 27.6 Å². The maximum Gasteiger partial charge on any atom is 0.343 e. The summed E-state index contributed by atoms with van der Waals surface area (Å²) in [5, 5.41) is 8.13. The lowest BCUT2D eigenvalue weighted by atomic mass is 10.0. The largest absolute Gasteiger partial charge is 0.462 e. The Balaban J connectivity index is 1.85. The third kappa shape index (κ3) is 3.87. The number of aryl methyl sites for hydroxylation is 4. The van der Waals surface area contributed by atoms with Gasteiger partial charge in [0, 0.05) is 5.39 Å². The smallest absolute Gasteiger partial charge is 0.343 e. The van der Waals surface area contributed by atoms with E-state index in [-0.39, 0.29) is 23.7 Å². The number of pyridine rings is 1. The van der Waals surface area contributed by atoms with Crippen molar-refractivity contribution >= 4 is 28.6 Å². The first-order chi connectivity index (χ1) is 15.3. The van der Waals surface area contributed by atoms with Gasteiger partial charge in [-0.05, 0) is 70.0 Å². The second-order valence-electron chi connectivity index (χ2n) is 7.68. The molecule has 0 aliphatic heterocycles. The summed E-state index contributed by atoms with van der Waals surface area (Å²) in [6.45, 7) is 9.69. The molecule has 8 heteroatoms. The van der Waals surface area contributed by atoms with Gasteiger partial charge >= 0.3 is 5.97 Å². The second-order valence-corrected chi connectivity index (χ2v) is 7.68. The molecule has 0 aliphatic carbocycles. The number of benzene rings is 1. The molecule has 1 amide bonds. The van der Waals surface area contributed by atoms with Crippen LogP contribution >= 0.6 is 0 Å². The van der Waals surface area contributed by atoms with Gasteiger partial charge in [0.05, 0.1) is 18.3 Å². The summed E-state index contributed by atoms with van der Waals surface area (Å²) in [6, 6.07) is 9.28. The molecule has 0 spiro atoms. The van der Waals surface area contributed by atoms with Crippen molar-refractivity contribution in [2.24, 2.45) is 0 Å². The zero-order valence-corrected chi connectivity index (χ0v) is 18.6. The maximum absolute atomic E-state index is 12.8. The summed E-state index contributed by atoms with van der Waals surface area (Å²) in [7, 11) is 0. The number of hydrogen-bond donors (Lipinski definition) is 1. The van der Waals surface area contributed by atoms with E-state index < -0.39 is 11.9 Å². The van der Waals surface area contributed by atoms with E-state index in [1.165, 1.54) is 10.9 Å². The van der Waals surface area contributed by atoms with Gasteiger partial charge in [-0.2, -0.15) is 9.78 Å². The Labute approximate surface area is 185 Å². The molecule has 164 valence electrons. The number of esters is 1. The number of hydrogen-bond acceptors (Lipinski definition) is 6. The molecule has 4 aromatic rings. The number of nitrogens with one attached hydrogen (secondary N) is 1. The average Bonchev–Trinajstić information content (AvgIpc) is 3.35.